The molecule has 4 rings (SSSR count). The molecule has 1 atom stereocenters. The molecule has 1 aliphatic rings. The lowest BCUT2D eigenvalue weighted by molar-refractivity contribution is -0.127. The third-order valence-corrected chi connectivity index (χ3v) is 4.40. The number of halogens is 1. The summed E-state index contributed by atoms with van der Waals surface area (Å²) in [6.45, 7) is 4.35. The number of carbonyl (C=O) groups excluding carboxylic acids is 1. The van der Waals surface area contributed by atoms with E-state index in [9.17, 15) is 9.18 Å². The molecule has 0 bridgehead atoms. The summed E-state index contributed by atoms with van der Waals surface area (Å²) in [5.74, 6) is 0.163. The Morgan fingerprint density at radius 1 is 1.40 bits per heavy atom. The number of hydrogen-bond acceptors (Lipinski definition) is 4. The van der Waals surface area contributed by atoms with Crippen LogP contribution in [0.5, 0.6) is 0 Å². The van der Waals surface area contributed by atoms with Gasteiger partial charge in [0.2, 0.25) is 5.91 Å². The number of benzene rings is 1. The van der Waals surface area contributed by atoms with E-state index in [1.54, 1.807) is 17.2 Å². The molecule has 1 amide bonds. The second kappa shape index (κ2) is 6.01. The molecule has 0 spiro atoms. The third-order valence-electron chi connectivity index (χ3n) is 4.40. The molecule has 0 aliphatic carbocycles. The molecule has 126 valence electrons. The van der Waals surface area contributed by atoms with Gasteiger partial charge in [0.05, 0.1) is 11.4 Å². The van der Waals surface area contributed by atoms with Gasteiger partial charge in [-0.25, -0.2) is 14.4 Å². The molecular weight excluding hydrogens is 321 g/mol. The highest BCUT2D eigenvalue weighted by Gasteiger charge is 2.28. The molecule has 25 heavy (non-hydrogen) atoms. The molecular formula is C18H16FN5O. The summed E-state index contributed by atoms with van der Waals surface area (Å²) in [5.41, 5.74) is 2.46. The molecule has 0 radical (unpaired) electrons. The summed E-state index contributed by atoms with van der Waals surface area (Å²) < 4.78 is 13.7. The zero-order valence-electron chi connectivity index (χ0n) is 13.4. The molecule has 2 aromatic heterocycles. The average molecular weight is 337 g/mol. The van der Waals surface area contributed by atoms with Crippen molar-refractivity contribution in [2.24, 2.45) is 0 Å². The van der Waals surface area contributed by atoms with Crippen LogP contribution in [0, 0.1) is 5.82 Å². The molecule has 6 nitrogen and oxygen atoms in total. The SMILES string of the molecule is C=CC(=O)N1Cc2cc(F)ccc2[C@H](Nc2ncnc3[nH]ccc23)C1. The highest BCUT2D eigenvalue weighted by molar-refractivity contribution is 5.88. The largest absolute Gasteiger partial charge is 0.361 e. The number of anilines is 1. The zero-order chi connectivity index (χ0) is 17.4. The number of H-pyrrole nitrogens is 1. The van der Waals surface area contributed by atoms with Crippen LogP contribution >= 0.6 is 0 Å². The zero-order valence-corrected chi connectivity index (χ0v) is 13.4. The Morgan fingerprint density at radius 2 is 2.28 bits per heavy atom. The summed E-state index contributed by atoms with van der Waals surface area (Å²) in [7, 11) is 0. The van der Waals surface area contributed by atoms with E-state index >= 15 is 0 Å². The van der Waals surface area contributed by atoms with Crippen LogP contribution in [0.25, 0.3) is 11.0 Å². The van der Waals surface area contributed by atoms with Gasteiger partial charge in [0.1, 0.15) is 23.6 Å². The predicted octanol–water partition coefficient (Wildman–Crippen LogP) is 2.78. The fourth-order valence-electron chi connectivity index (χ4n) is 3.21. The summed E-state index contributed by atoms with van der Waals surface area (Å²) in [4.78, 5) is 25.3. The van der Waals surface area contributed by atoms with Crippen molar-refractivity contribution < 1.29 is 9.18 Å². The number of nitrogens with zero attached hydrogens (tertiary/aromatic N) is 3. The van der Waals surface area contributed by atoms with E-state index < -0.39 is 0 Å². The molecule has 0 saturated carbocycles. The number of aromatic nitrogens is 3. The maximum absolute atomic E-state index is 13.7. The number of nitrogens with one attached hydrogen (secondary N) is 2. The lowest BCUT2D eigenvalue weighted by Crippen LogP contribution is -2.39. The minimum atomic E-state index is -0.319. The number of amides is 1. The molecule has 0 unspecified atom stereocenters. The van der Waals surface area contributed by atoms with Gasteiger partial charge in [0, 0.05) is 19.3 Å². The van der Waals surface area contributed by atoms with Crippen molar-refractivity contribution in [3.8, 4) is 0 Å². The van der Waals surface area contributed by atoms with Gasteiger partial charge >= 0.3 is 0 Å². The van der Waals surface area contributed by atoms with E-state index in [0.717, 1.165) is 22.2 Å². The van der Waals surface area contributed by atoms with E-state index in [2.05, 4.69) is 26.8 Å². The Balaban J connectivity index is 1.73. The molecule has 3 heterocycles. The van der Waals surface area contributed by atoms with Crippen molar-refractivity contribution in [1.82, 2.24) is 19.9 Å². The highest BCUT2D eigenvalue weighted by Crippen LogP contribution is 2.31. The van der Waals surface area contributed by atoms with Crippen LogP contribution in [-0.2, 0) is 11.3 Å². The standard InChI is InChI=1S/C18H16FN5O/c1-2-16(25)24-8-11-7-12(19)3-4-13(11)15(9-24)23-18-14-5-6-20-17(14)21-10-22-18/h2-7,10,15H,1,8-9H2,(H2,20,21,22,23)/t15-/m1/s1. The molecule has 1 aromatic carbocycles. The fourth-order valence-corrected chi connectivity index (χ4v) is 3.21. The van der Waals surface area contributed by atoms with Gasteiger partial charge in [-0.3, -0.25) is 4.79 Å². The first-order valence-corrected chi connectivity index (χ1v) is 7.90. The van der Waals surface area contributed by atoms with Crippen LogP contribution in [0.2, 0.25) is 0 Å². The normalized spacial score (nSPS) is 16.5. The van der Waals surface area contributed by atoms with Crippen LogP contribution in [-0.4, -0.2) is 32.3 Å². The average Bonchev–Trinajstić information content (AvgIpc) is 3.10. The second-order valence-electron chi connectivity index (χ2n) is 5.93. The predicted molar refractivity (Wildman–Crippen MR) is 92.3 cm³/mol. The van der Waals surface area contributed by atoms with Gasteiger partial charge in [-0.1, -0.05) is 12.6 Å². The van der Waals surface area contributed by atoms with E-state index in [4.69, 9.17) is 0 Å². The number of rotatable bonds is 3. The van der Waals surface area contributed by atoms with Gasteiger partial charge < -0.3 is 15.2 Å². The third kappa shape index (κ3) is 2.73. The van der Waals surface area contributed by atoms with Crippen LogP contribution in [0.1, 0.15) is 17.2 Å². The molecule has 0 fully saturated rings. The Kier molecular flexibility index (Phi) is 3.68. The highest BCUT2D eigenvalue weighted by atomic mass is 19.1. The molecule has 7 heteroatoms. The minimum absolute atomic E-state index is 0.184. The Labute approximate surface area is 143 Å². The van der Waals surface area contributed by atoms with E-state index in [1.165, 1.54) is 24.5 Å². The minimum Gasteiger partial charge on any atom is -0.361 e. The number of fused-ring (bicyclic) bond motifs is 2. The fraction of sp³-hybridized carbons (Fsp3) is 0.167. The topological polar surface area (TPSA) is 73.9 Å². The first kappa shape index (κ1) is 15.3. The lowest BCUT2D eigenvalue weighted by Gasteiger charge is -2.35. The van der Waals surface area contributed by atoms with Crippen LogP contribution in [0.15, 0.2) is 49.4 Å². The van der Waals surface area contributed by atoms with Crippen molar-refractivity contribution >= 4 is 22.8 Å². The van der Waals surface area contributed by atoms with E-state index in [-0.39, 0.29) is 17.8 Å². The summed E-state index contributed by atoms with van der Waals surface area (Å²) >= 11 is 0. The quantitative estimate of drug-likeness (QED) is 0.721. The maximum Gasteiger partial charge on any atom is 0.246 e. The van der Waals surface area contributed by atoms with Gasteiger partial charge in [0.25, 0.3) is 0 Å². The van der Waals surface area contributed by atoms with Gasteiger partial charge in [-0.05, 0) is 35.4 Å². The first-order valence-electron chi connectivity index (χ1n) is 7.90. The van der Waals surface area contributed by atoms with E-state index in [0.29, 0.717) is 18.9 Å². The second-order valence-corrected chi connectivity index (χ2v) is 5.93. The number of aromatic amines is 1. The molecule has 1 aliphatic heterocycles. The first-order chi connectivity index (χ1) is 12.2. The number of carbonyl (C=O) groups is 1. The molecule has 3 aromatic rings. The molecule has 2 N–H and O–H groups in total. The Morgan fingerprint density at radius 3 is 3.12 bits per heavy atom. The summed E-state index contributed by atoms with van der Waals surface area (Å²) in [5, 5.41) is 4.23. The lowest BCUT2D eigenvalue weighted by atomic mass is 9.95. The summed E-state index contributed by atoms with van der Waals surface area (Å²) in [6.07, 6.45) is 4.54. The Hall–Kier alpha value is -3.22. The van der Waals surface area contributed by atoms with Gasteiger partial charge in [0.15, 0.2) is 0 Å². The van der Waals surface area contributed by atoms with Crippen LogP contribution in [0.3, 0.4) is 0 Å². The van der Waals surface area contributed by atoms with Crippen molar-refractivity contribution in [2.45, 2.75) is 12.6 Å². The number of hydrogen-bond donors (Lipinski definition) is 2. The smallest absolute Gasteiger partial charge is 0.246 e. The maximum atomic E-state index is 13.7. The van der Waals surface area contributed by atoms with Crippen LogP contribution < -0.4 is 5.32 Å². The van der Waals surface area contributed by atoms with Crippen molar-refractivity contribution in [2.75, 3.05) is 11.9 Å². The van der Waals surface area contributed by atoms with Crippen LogP contribution in [0.4, 0.5) is 10.2 Å². The van der Waals surface area contributed by atoms with Crippen molar-refractivity contribution in [3.05, 3.63) is 66.4 Å². The molecule has 0 saturated heterocycles. The Bertz CT molecular complexity index is 967. The van der Waals surface area contributed by atoms with Gasteiger partial charge in [-0.2, -0.15) is 0 Å². The monoisotopic (exact) mass is 337 g/mol. The van der Waals surface area contributed by atoms with Gasteiger partial charge in [-0.15, -0.1) is 0 Å². The van der Waals surface area contributed by atoms with E-state index in [1.807, 2.05) is 6.07 Å². The summed E-state index contributed by atoms with van der Waals surface area (Å²) in [6, 6.07) is 6.34. The van der Waals surface area contributed by atoms with Crippen molar-refractivity contribution in [3.63, 3.8) is 0 Å². The van der Waals surface area contributed by atoms with Crippen molar-refractivity contribution in [1.29, 1.82) is 0 Å².